The highest BCUT2D eigenvalue weighted by molar-refractivity contribution is 6.41. The highest BCUT2D eigenvalue weighted by atomic mass is 35.5. The van der Waals surface area contributed by atoms with Gasteiger partial charge in [0.2, 0.25) is 0 Å². The van der Waals surface area contributed by atoms with Crippen molar-refractivity contribution in [3.8, 4) is 11.1 Å². The molecule has 0 fully saturated rings. The molecule has 0 radical (unpaired) electrons. The molecule has 0 N–H and O–H groups in total. The largest absolute Gasteiger partial charge is 0.269 e. The van der Waals surface area contributed by atoms with Gasteiger partial charge >= 0.3 is 0 Å². The summed E-state index contributed by atoms with van der Waals surface area (Å²) in [5, 5.41) is 11.8. The van der Waals surface area contributed by atoms with Gasteiger partial charge in [0.05, 0.1) is 15.0 Å². The van der Waals surface area contributed by atoms with Gasteiger partial charge in [-0.05, 0) is 29.8 Å². The molecule has 0 aliphatic heterocycles. The van der Waals surface area contributed by atoms with E-state index in [9.17, 15) is 10.1 Å². The monoisotopic (exact) mass is 301 g/mol. The molecule has 6 heteroatoms. The first-order valence-electron chi connectivity index (χ1n) is 4.88. The fourth-order valence-electron chi connectivity index (χ4n) is 1.57. The maximum absolute atomic E-state index is 10.6. The topological polar surface area (TPSA) is 43.1 Å². The van der Waals surface area contributed by atoms with Crippen molar-refractivity contribution in [3.63, 3.8) is 0 Å². The van der Waals surface area contributed by atoms with Gasteiger partial charge in [-0.2, -0.15) is 0 Å². The fraction of sp³-hybridized carbons (Fsp3) is 0. The van der Waals surface area contributed by atoms with Gasteiger partial charge in [0, 0.05) is 22.7 Å². The summed E-state index contributed by atoms with van der Waals surface area (Å²) in [6.07, 6.45) is 0. The number of hydrogen-bond donors (Lipinski definition) is 0. The van der Waals surface area contributed by atoms with Crippen LogP contribution in [0.3, 0.4) is 0 Å². The van der Waals surface area contributed by atoms with Crippen LogP contribution < -0.4 is 0 Å². The minimum absolute atomic E-state index is 0.0139. The van der Waals surface area contributed by atoms with E-state index in [0.29, 0.717) is 26.2 Å². The molecule has 0 aliphatic carbocycles. The van der Waals surface area contributed by atoms with Crippen LogP contribution in [0.15, 0.2) is 36.4 Å². The lowest BCUT2D eigenvalue weighted by Crippen LogP contribution is -1.88. The van der Waals surface area contributed by atoms with E-state index >= 15 is 0 Å². The summed E-state index contributed by atoms with van der Waals surface area (Å²) < 4.78 is 0. The highest BCUT2D eigenvalue weighted by Crippen LogP contribution is 2.37. The molecular weight excluding hydrogens is 296 g/mol. The zero-order valence-corrected chi connectivity index (χ0v) is 11.1. The first-order valence-corrected chi connectivity index (χ1v) is 6.02. The molecule has 0 saturated carbocycles. The van der Waals surface area contributed by atoms with Crippen LogP contribution in [0.4, 0.5) is 5.69 Å². The Labute approximate surface area is 118 Å². The predicted octanol–water partition coefficient (Wildman–Crippen LogP) is 5.22. The van der Waals surface area contributed by atoms with Crippen molar-refractivity contribution in [3.05, 3.63) is 61.6 Å². The lowest BCUT2D eigenvalue weighted by molar-refractivity contribution is -0.384. The third-order valence-corrected chi connectivity index (χ3v) is 3.19. The molecule has 2 rings (SSSR count). The normalized spacial score (nSPS) is 10.4. The number of benzene rings is 2. The third kappa shape index (κ3) is 2.58. The summed E-state index contributed by atoms with van der Waals surface area (Å²) >= 11 is 18.0. The first-order chi connectivity index (χ1) is 8.49. The van der Waals surface area contributed by atoms with Crippen molar-refractivity contribution < 1.29 is 4.92 Å². The first kappa shape index (κ1) is 13.1. The molecule has 0 aliphatic rings. The summed E-state index contributed by atoms with van der Waals surface area (Å²) in [6, 6.07) is 9.14. The number of rotatable bonds is 2. The van der Waals surface area contributed by atoms with Crippen molar-refractivity contribution in [2.24, 2.45) is 0 Å². The van der Waals surface area contributed by atoms with E-state index in [1.165, 1.54) is 12.1 Å². The second-order valence-electron chi connectivity index (χ2n) is 3.55. The standard InChI is InChI=1S/C12H6Cl3NO2/c13-8-5-10(14)12(11(15)6-8)7-1-3-9(4-2-7)16(17)18/h1-6H. The number of nitro benzene ring substituents is 1. The summed E-state index contributed by atoms with van der Waals surface area (Å²) in [6.45, 7) is 0. The average molecular weight is 303 g/mol. The smallest absolute Gasteiger partial charge is 0.258 e. The van der Waals surface area contributed by atoms with Crippen LogP contribution in [0.25, 0.3) is 11.1 Å². The van der Waals surface area contributed by atoms with Gasteiger partial charge in [-0.25, -0.2) is 0 Å². The Morgan fingerprint density at radius 2 is 1.44 bits per heavy atom. The number of halogens is 3. The number of nitrogens with zero attached hydrogens (tertiary/aromatic N) is 1. The van der Waals surface area contributed by atoms with Gasteiger partial charge in [0.1, 0.15) is 0 Å². The predicted molar refractivity (Wildman–Crippen MR) is 73.6 cm³/mol. The second-order valence-corrected chi connectivity index (χ2v) is 4.80. The van der Waals surface area contributed by atoms with Crippen molar-refractivity contribution in [1.82, 2.24) is 0 Å². The molecule has 0 unspecified atom stereocenters. The van der Waals surface area contributed by atoms with Crippen LogP contribution in [0.5, 0.6) is 0 Å². The SMILES string of the molecule is O=[N+]([O-])c1ccc(-c2c(Cl)cc(Cl)cc2Cl)cc1. The molecule has 0 aromatic heterocycles. The molecule has 2 aromatic rings. The van der Waals surface area contributed by atoms with E-state index in [0.717, 1.165) is 0 Å². The molecule has 0 amide bonds. The van der Waals surface area contributed by atoms with E-state index in [4.69, 9.17) is 34.8 Å². The van der Waals surface area contributed by atoms with Crippen LogP contribution >= 0.6 is 34.8 Å². The van der Waals surface area contributed by atoms with Crippen LogP contribution in [0.2, 0.25) is 15.1 Å². The fourth-order valence-corrected chi connectivity index (χ4v) is 2.60. The Morgan fingerprint density at radius 3 is 1.89 bits per heavy atom. The van der Waals surface area contributed by atoms with Gasteiger partial charge in [0.25, 0.3) is 5.69 Å². The average Bonchev–Trinajstić information content (AvgIpc) is 2.28. The lowest BCUT2D eigenvalue weighted by Gasteiger charge is -2.07. The van der Waals surface area contributed by atoms with E-state index in [1.54, 1.807) is 24.3 Å². The van der Waals surface area contributed by atoms with Gasteiger partial charge in [0.15, 0.2) is 0 Å². The van der Waals surface area contributed by atoms with Crippen LogP contribution in [-0.2, 0) is 0 Å². The van der Waals surface area contributed by atoms with Crippen molar-refractivity contribution >= 4 is 40.5 Å². The Hall–Kier alpha value is -1.29. The van der Waals surface area contributed by atoms with Crippen molar-refractivity contribution in [2.75, 3.05) is 0 Å². The Morgan fingerprint density at radius 1 is 0.944 bits per heavy atom. The lowest BCUT2D eigenvalue weighted by atomic mass is 10.1. The minimum Gasteiger partial charge on any atom is -0.258 e. The molecule has 0 atom stereocenters. The molecule has 0 heterocycles. The molecule has 2 aromatic carbocycles. The minimum atomic E-state index is -0.463. The molecule has 0 bridgehead atoms. The van der Waals surface area contributed by atoms with Gasteiger partial charge in [-0.3, -0.25) is 10.1 Å². The summed E-state index contributed by atoms with van der Waals surface area (Å²) in [4.78, 5) is 10.1. The number of non-ortho nitro benzene ring substituents is 1. The number of nitro groups is 1. The second kappa shape index (κ2) is 5.14. The van der Waals surface area contributed by atoms with E-state index in [2.05, 4.69) is 0 Å². The summed E-state index contributed by atoms with van der Waals surface area (Å²) in [7, 11) is 0. The van der Waals surface area contributed by atoms with Crippen LogP contribution in [0.1, 0.15) is 0 Å². The zero-order valence-electron chi connectivity index (χ0n) is 8.86. The Kier molecular flexibility index (Phi) is 3.76. The third-order valence-electron chi connectivity index (χ3n) is 2.37. The van der Waals surface area contributed by atoms with Gasteiger partial charge in [-0.1, -0.05) is 34.8 Å². The molecule has 0 spiro atoms. The van der Waals surface area contributed by atoms with Gasteiger partial charge < -0.3 is 0 Å². The van der Waals surface area contributed by atoms with E-state index < -0.39 is 4.92 Å². The van der Waals surface area contributed by atoms with Crippen molar-refractivity contribution in [1.29, 1.82) is 0 Å². The van der Waals surface area contributed by atoms with E-state index in [-0.39, 0.29) is 5.69 Å². The van der Waals surface area contributed by atoms with Crippen molar-refractivity contribution in [2.45, 2.75) is 0 Å². The molecule has 92 valence electrons. The van der Waals surface area contributed by atoms with E-state index in [1.807, 2.05) is 0 Å². The maximum Gasteiger partial charge on any atom is 0.269 e. The summed E-state index contributed by atoms with van der Waals surface area (Å²) in [5.41, 5.74) is 1.32. The number of hydrogen-bond acceptors (Lipinski definition) is 2. The Bertz CT molecular complexity index is 588. The molecule has 3 nitrogen and oxygen atoms in total. The molecular formula is C12H6Cl3NO2. The molecule has 0 saturated heterocycles. The summed E-state index contributed by atoms with van der Waals surface area (Å²) in [5.74, 6) is 0. The zero-order chi connectivity index (χ0) is 13.3. The highest BCUT2D eigenvalue weighted by Gasteiger charge is 2.12. The quantitative estimate of drug-likeness (QED) is 0.563. The Balaban J connectivity index is 2.52. The molecule has 18 heavy (non-hydrogen) atoms. The maximum atomic E-state index is 10.6. The van der Waals surface area contributed by atoms with Crippen LogP contribution in [-0.4, -0.2) is 4.92 Å². The van der Waals surface area contributed by atoms with Crippen LogP contribution in [0, 0.1) is 10.1 Å². The van der Waals surface area contributed by atoms with Gasteiger partial charge in [-0.15, -0.1) is 0 Å².